The molecule has 0 aliphatic rings. The SMILES string of the molecule is CCCc1c(Cl)n(C)c(=O)n1Cc1ccc(-c2cnccc2-c2nn[nH]n2)cc1. The first-order valence-electron chi connectivity index (χ1n) is 9.31. The molecular formula is C20H20ClN7O. The number of H-pyrrole nitrogens is 1. The van der Waals surface area contributed by atoms with E-state index < -0.39 is 0 Å². The second kappa shape index (κ2) is 8.00. The first kappa shape index (κ1) is 19.1. The molecule has 0 atom stereocenters. The monoisotopic (exact) mass is 409 g/mol. The summed E-state index contributed by atoms with van der Waals surface area (Å²) in [7, 11) is 1.70. The highest BCUT2D eigenvalue weighted by Gasteiger charge is 2.16. The van der Waals surface area contributed by atoms with E-state index in [-0.39, 0.29) is 5.69 Å². The van der Waals surface area contributed by atoms with Crippen molar-refractivity contribution in [3.05, 3.63) is 69.6 Å². The van der Waals surface area contributed by atoms with Gasteiger partial charge >= 0.3 is 5.69 Å². The zero-order valence-corrected chi connectivity index (χ0v) is 16.9. The summed E-state index contributed by atoms with van der Waals surface area (Å²) in [5.74, 6) is 0.515. The summed E-state index contributed by atoms with van der Waals surface area (Å²) < 4.78 is 3.24. The number of aromatic nitrogens is 7. The predicted molar refractivity (Wildman–Crippen MR) is 111 cm³/mol. The minimum absolute atomic E-state index is 0.103. The summed E-state index contributed by atoms with van der Waals surface area (Å²) in [5.41, 5.74) is 4.52. The van der Waals surface area contributed by atoms with Crippen LogP contribution in [0.1, 0.15) is 24.6 Å². The van der Waals surface area contributed by atoms with Gasteiger partial charge in [0.05, 0.1) is 12.2 Å². The van der Waals surface area contributed by atoms with E-state index >= 15 is 0 Å². The van der Waals surface area contributed by atoms with Gasteiger partial charge in [0.15, 0.2) is 0 Å². The molecule has 0 aliphatic heterocycles. The van der Waals surface area contributed by atoms with Crippen molar-refractivity contribution in [2.75, 3.05) is 0 Å². The number of benzene rings is 1. The summed E-state index contributed by atoms with van der Waals surface area (Å²) in [4.78, 5) is 16.8. The molecule has 0 aliphatic carbocycles. The molecule has 4 rings (SSSR count). The van der Waals surface area contributed by atoms with Gasteiger partial charge in [-0.2, -0.15) is 5.21 Å². The summed E-state index contributed by atoms with van der Waals surface area (Å²) in [6.07, 6.45) is 5.16. The van der Waals surface area contributed by atoms with E-state index in [4.69, 9.17) is 11.6 Å². The molecule has 148 valence electrons. The van der Waals surface area contributed by atoms with Crippen molar-refractivity contribution in [3.63, 3.8) is 0 Å². The van der Waals surface area contributed by atoms with Gasteiger partial charge in [0, 0.05) is 30.6 Å². The fourth-order valence-corrected chi connectivity index (χ4v) is 3.66. The van der Waals surface area contributed by atoms with Crippen molar-refractivity contribution in [2.24, 2.45) is 7.05 Å². The molecule has 0 fully saturated rings. The molecule has 0 unspecified atom stereocenters. The molecule has 3 aromatic heterocycles. The second-order valence-corrected chi connectivity index (χ2v) is 7.13. The van der Waals surface area contributed by atoms with Crippen LogP contribution in [0.25, 0.3) is 22.5 Å². The predicted octanol–water partition coefficient (Wildman–Crippen LogP) is 3.08. The topological polar surface area (TPSA) is 94.3 Å². The number of nitrogens with one attached hydrogen (secondary N) is 1. The Kier molecular flexibility index (Phi) is 5.26. The standard InChI is InChI=1S/C20H20ClN7O/c1-3-4-17-18(21)27(2)20(29)28(17)12-13-5-7-14(8-6-13)16-11-22-10-9-15(16)19-23-25-26-24-19/h5-11H,3-4,12H2,1-2H3,(H,23,24,25,26). The van der Waals surface area contributed by atoms with Crippen molar-refractivity contribution in [2.45, 2.75) is 26.3 Å². The molecule has 29 heavy (non-hydrogen) atoms. The average Bonchev–Trinajstić information content (AvgIpc) is 3.35. The van der Waals surface area contributed by atoms with Crippen LogP contribution in [0.2, 0.25) is 5.15 Å². The van der Waals surface area contributed by atoms with E-state index in [2.05, 4.69) is 32.5 Å². The maximum atomic E-state index is 12.6. The highest BCUT2D eigenvalue weighted by atomic mass is 35.5. The summed E-state index contributed by atoms with van der Waals surface area (Å²) in [6, 6.07) is 9.88. The quantitative estimate of drug-likeness (QED) is 0.528. The molecule has 1 aromatic carbocycles. The number of aromatic amines is 1. The van der Waals surface area contributed by atoms with Crippen LogP contribution in [0.3, 0.4) is 0 Å². The third-order valence-corrected chi connectivity index (χ3v) is 5.35. The van der Waals surface area contributed by atoms with E-state index in [1.807, 2.05) is 30.3 Å². The van der Waals surface area contributed by atoms with Gasteiger partial charge < -0.3 is 0 Å². The summed E-state index contributed by atoms with van der Waals surface area (Å²) in [6.45, 7) is 2.54. The maximum absolute atomic E-state index is 12.6. The molecule has 3 heterocycles. The lowest BCUT2D eigenvalue weighted by atomic mass is 10.0. The molecule has 8 nitrogen and oxygen atoms in total. The number of halogens is 1. The Labute approximate surface area is 172 Å². The lowest BCUT2D eigenvalue weighted by Crippen LogP contribution is -2.24. The van der Waals surface area contributed by atoms with Gasteiger partial charge in [-0.1, -0.05) is 49.2 Å². The Hall–Kier alpha value is -3.26. The van der Waals surface area contributed by atoms with Gasteiger partial charge in [0.1, 0.15) is 5.15 Å². The van der Waals surface area contributed by atoms with Crippen molar-refractivity contribution >= 4 is 11.6 Å². The molecule has 0 saturated carbocycles. The van der Waals surface area contributed by atoms with Crippen LogP contribution in [0.5, 0.6) is 0 Å². The summed E-state index contributed by atoms with van der Waals surface area (Å²) in [5, 5.41) is 14.7. The highest BCUT2D eigenvalue weighted by molar-refractivity contribution is 6.30. The van der Waals surface area contributed by atoms with Crippen LogP contribution >= 0.6 is 11.6 Å². The second-order valence-electron chi connectivity index (χ2n) is 6.77. The third kappa shape index (κ3) is 3.58. The third-order valence-electron chi connectivity index (χ3n) is 4.88. The Balaban J connectivity index is 1.66. The minimum atomic E-state index is -0.103. The summed E-state index contributed by atoms with van der Waals surface area (Å²) >= 11 is 6.35. The van der Waals surface area contributed by atoms with Crippen LogP contribution in [0.4, 0.5) is 0 Å². The molecule has 0 amide bonds. The van der Waals surface area contributed by atoms with Crippen molar-refractivity contribution < 1.29 is 0 Å². The van der Waals surface area contributed by atoms with E-state index in [0.29, 0.717) is 17.5 Å². The number of rotatable bonds is 6. The lowest BCUT2D eigenvalue weighted by Gasteiger charge is -2.09. The molecule has 0 saturated heterocycles. The van der Waals surface area contributed by atoms with Gasteiger partial charge in [-0.3, -0.25) is 14.1 Å². The van der Waals surface area contributed by atoms with Gasteiger partial charge in [0.25, 0.3) is 0 Å². The minimum Gasteiger partial charge on any atom is -0.290 e. The maximum Gasteiger partial charge on any atom is 0.329 e. The Morgan fingerprint density at radius 3 is 2.62 bits per heavy atom. The molecule has 0 bridgehead atoms. The molecular weight excluding hydrogens is 390 g/mol. The smallest absolute Gasteiger partial charge is 0.290 e. The van der Waals surface area contributed by atoms with Gasteiger partial charge in [-0.15, -0.1) is 10.2 Å². The van der Waals surface area contributed by atoms with Crippen LogP contribution in [0.15, 0.2) is 47.5 Å². The number of hydrogen-bond acceptors (Lipinski definition) is 5. The van der Waals surface area contributed by atoms with E-state index in [9.17, 15) is 4.79 Å². The number of pyridine rings is 1. The molecule has 0 radical (unpaired) electrons. The van der Waals surface area contributed by atoms with Crippen LogP contribution in [-0.2, 0) is 20.0 Å². The molecule has 4 aromatic rings. The van der Waals surface area contributed by atoms with Gasteiger partial charge in [-0.05, 0) is 28.8 Å². The van der Waals surface area contributed by atoms with E-state index in [1.54, 1.807) is 24.0 Å². The van der Waals surface area contributed by atoms with Crippen molar-refractivity contribution in [1.82, 2.24) is 34.7 Å². The van der Waals surface area contributed by atoms with Crippen LogP contribution in [-0.4, -0.2) is 34.7 Å². The van der Waals surface area contributed by atoms with E-state index in [0.717, 1.165) is 40.8 Å². The Morgan fingerprint density at radius 1 is 1.14 bits per heavy atom. The number of tetrazole rings is 1. The van der Waals surface area contributed by atoms with E-state index in [1.165, 1.54) is 4.57 Å². The highest BCUT2D eigenvalue weighted by Crippen LogP contribution is 2.29. The Morgan fingerprint density at radius 2 is 1.93 bits per heavy atom. The molecule has 1 N–H and O–H groups in total. The fraction of sp³-hybridized carbons (Fsp3) is 0.250. The largest absolute Gasteiger partial charge is 0.329 e. The Bertz CT molecular complexity index is 1180. The molecule has 9 heteroatoms. The normalized spacial score (nSPS) is 11.1. The fourth-order valence-electron chi connectivity index (χ4n) is 3.39. The number of hydrogen-bond donors (Lipinski definition) is 1. The van der Waals surface area contributed by atoms with Crippen LogP contribution < -0.4 is 5.69 Å². The van der Waals surface area contributed by atoms with Gasteiger partial charge in [0.2, 0.25) is 5.82 Å². The first-order valence-corrected chi connectivity index (χ1v) is 9.69. The lowest BCUT2D eigenvalue weighted by molar-refractivity contribution is 0.681. The zero-order chi connectivity index (χ0) is 20.4. The van der Waals surface area contributed by atoms with Gasteiger partial charge in [-0.25, -0.2) is 4.79 Å². The van der Waals surface area contributed by atoms with Crippen LogP contribution in [0, 0.1) is 0 Å². The number of imidazole rings is 1. The average molecular weight is 410 g/mol. The number of nitrogens with zero attached hydrogens (tertiary/aromatic N) is 6. The first-order chi connectivity index (χ1) is 14.1. The zero-order valence-electron chi connectivity index (χ0n) is 16.1. The molecule has 0 spiro atoms. The van der Waals surface area contributed by atoms with Crippen molar-refractivity contribution in [3.8, 4) is 22.5 Å². The van der Waals surface area contributed by atoms with Crippen molar-refractivity contribution in [1.29, 1.82) is 0 Å².